The third kappa shape index (κ3) is 8.01. The summed E-state index contributed by atoms with van der Waals surface area (Å²) in [7, 11) is 1.25. The van der Waals surface area contributed by atoms with Gasteiger partial charge in [0.25, 0.3) is 0 Å². The Balaban J connectivity index is 5.16. The third-order valence-corrected chi connectivity index (χ3v) is 2.63. The van der Waals surface area contributed by atoms with Crippen LogP contribution in [0.5, 0.6) is 0 Å². The minimum absolute atomic E-state index is 0.221. The lowest BCUT2D eigenvalue weighted by Gasteiger charge is -2.28. The Morgan fingerprint density at radius 2 is 1.50 bits per heavy atom. The van der Waals surface area contributed by atoms with Gasteiger partial charge < -0.3 is 30.5 Å². The molecule has 0 fully saturated rings. The maximum Gasteiger partial charge on any atom is 0.404 e. The number of ether oxygens (including phenoxy) is 1. The molecule has 0 aromatic heterocycles. The monoisotopic (exact) mass is 322 g/mol. The summed E-state index contributed by atoms with van der Waals surface area (Å²) in [6.07, 6.45) is -2.89. The Kier molecular flexibility index (Phi) is 8.48. The summed E-state index contributed by atoms with van der Waals surface area (Å²) in [4.78, 5) is 43.2. The maximum atomic E-state index is 11.0. The predicted octanol–water partition coefficient (Wildman–Crippen LogP) is -1.37. The highest BCUT2D eigenvalue weighted by molar-refractivity contribution is 5.80. The Morgan fingerprint density at radius 1 is 0.955 bits per heavy atom. The number of carboxylic acids is 3. The van der Waals surface area contributed by atoms with Gasteiger partial charge in [0.15, 0.2) is 0 Å². The van der Waals surface area contributed by atoms with Gasteiger partial charge in [0.05, 0.1) is 31.5 Å². The molecule has 0 aliphatic rings. The van der Waals surface area contributed by atoms with E-state index in [-0.39, 0.29) is 6.61 Å². The lowest BCUT2D eigenvalue weighted by atomic mass is 10.0. The van der Waals surface area contributed by atoms with Crippen molar-refractivity contribution < 1.29 is 44.3 Å². The van der Waals surface area contributed by atoms with E-state index in [1.54, 1.807) is 0 Å². The molecule has 6 N–H and O–H groups in total. The fourth-order valence-electron chi connectivity index (χ4n) is 1.75. The number of nitrogens with one attached hydrogen (secondary N) is 2. The highest BCUT2D eigenvalue weighted by Crippen LogP contribution is 2.05. The van der Waals surface area contributed by atoms with Gasteiger partial charge in [0, 0.05) is 7.11 Å². The molecule has 1 amide bonds. The molecule has 3 unspecified atom stereocenters. The summed E-state index contributed by atoms with van der Waals surface area (Å²) in [6.45, 7) is -0.221. The smallest absolute Gasteiger partial charge is 0.404 e. The van der Waals surface area contributed by atoms with Gasteiger partial charge in [-0.05, 0) is 0 Å². The van der Waals surface area contributed by atoms with E-state index < -0.39 is 55.0 Å². The summed E-state index contributed by atoms with van der Waals surface area (Å²) in [6, 6.07) is -3.77. The van der Waals surface area contributed by atoms with Crippen LogP contribution in [0.3, 0.4) is 0 Å². The standard InChI is InChI=1S/C11H18N2O9/c1-22-4-7(5(2-8(14)15)13-11(20)21)12-6(10(18)19)3-9(16)17/h5-7,12-13H,2-4H2,1H3,(H,14,15)(H,16,17)(H,18,19)(H,20,21). The molecular formula is C11H18N2O9. The maximum absolute atomic E-state index is 11.0. The molecule has 0 aromatic rings. The van der Waals surface area contributed by atoms with Crippen molar-refractivity contribution in [3.8, 4) is 0 Å². The first-order valence-corrected chi connectivity index (χ1v) is 6.08. The van der Waals surface area contributed by atoms with Crippen LogP contribution in [0, 0.1) is 0 Å². The summed E-state index contributed by atoms with van der Waals surface area (Å²) in [5.74, 6) is -4.16. The zero-order chi connectivity index (χ0) is 17.3. The molecule has 0 aliphatic carbocycles. The van der Waals surface area contributed by atoms with Gasteiger partial charge in [-0.3, -0.25) is 19.7 Å². The Morgan fingerprint density at radius 3 is 1.86 bits per heavy atom. The molecule has 0 aliphatic heterocycles. The molecule has 22 heavy (non-hydrogen) atoms. The number of amides is 1. The number of carboxylic acid groups (broad SMARTS) is 4. The third-order valence-electron chi connectivity index (χ3n) is 2.63. The van der Waals surface area contributed by atoms with Crippen LogP contribution in [-0.2, 0) is 19.1 Å². The Bertz CT molecular complexity index is 410. The lowest BCUT2D eigenvalue weighted by molar-refractivity contribution is -0.146. The molecule has 0 saturated heterocycles. The molecule has 0 spiro atoms. The van der Waals surface area contributed by atoms with E-state index in [4.69, 9.17) is 25.2 Å². The lowest BCUT2D eigenvalue weighted by Crippen LogP contribution is -2.57. The first kappa shape index (κ1) is 19.6. The summed E-state index contributed by atoms with van der Waals surface area (Å²) >= 11 is 0. The van der Waals surface area contributed by atoms with Crippen LogP contribution in [-0.4, -0.2) is 76.3 Å². The molecule has 0 heterocycles. The average Bonchev–Trinajstić information content (AvgIpc) is 2.34. The van der Waals surface area contributed by atoms with Crippen LogP contribution in [0.2, 0.25) is 0 Å². The van der Waals surface area contributed by atoms with Crippen molar-refractivity contribution in [2.75, 3.05) is 13.7 Å². The van der Waals surface area contributed by atoms with Crippen LogP contribution < -0.4 is 10.6 Å². The molecule has 3 atom stereocenters. The molecule has 0 aromatic carbocycles. The summed E-state index contributed by atoms with van der Waals surface area (Å²) < 4.78 is 4.80. The normalized spacial score (nSPS) is 14.6. The van der Waals surface area contributed by atoms with Crippen molar-refractivity contribution in [3.05, 3.63) is 0 Å². The van der Waals surface area contributed by atoms with Gasteiger partial charge in [0.1, 0.15) is 6.04 Å². The Hall–Kier alpha value is -2.40. The SMILES string of the molecule is COCC(NC(CC(=O)O)C(=O)O)C(CC(=O)O)NC(=O)O. The molecule has 126 valence electrons. The number of aliphatic carboxylic acids is 3. The fraction of sp³-hybridized carbons (Fsp3) is 0.636. The van der Waals surface area contributed by atoms with Crippen molar-refractivity contribution in [1.29, 1.82) is 0 Å². The highest BCUT2D eigenvalue weighted by atomic mass is 16.5. The predicted molar refractivity (Wildman–Crippen MR) is 69.7 cm³/mol. The second kappa shape index (κ2) is 9.52. The van der Waals surface area contributed by atoms with Crippen LogP contribution in [0.15, 0.2) is 0 Å². The number of rotatable bonds is 11. The minimum atomic E-state index is -1.52. The second-order valence-corrected chi connectivity index (χ2v) is 4.37. The molecule has 11 heteroatoms. The summed E-state index contributed by atoms with van der Waals surface area (Å²) in [5.41, 5.74) is 0. The zero-order valence-corrected chi connectivity index (χ0v) is 11.7. The average molecular weight is 322 g/mol. The Labute approximate surface area is 124 Å². The van der Waals surface area contributed by atoms with Gasteiger partial charge in [-0.1, -0.05) is 0 Å². The largest absolute Gasteiger partial charge is 0.481 e. The molecule has 0 saturated carbocycles. The number of hydrogen-bond donors (Lipinski definition) is 6. The van der Waals surface area contributed by atoms with Crippen molar-refractivity contribution in [2.45, 2.75) is 31.0 Å². The minimum Gasteiger partial charge on any atom is -0.481 e. The summed E-state index contributed by atoms with van der Waals surface area (Å²) in [5, 5.41) is 39.5. The second-order valence-electron chi connectivity index (χ2n) is 4.37. The van der Waals surface area contributed by atoms with E-state index in [9.17, 15) is 19.2 Å². The van der Waals surface area contributed by atoms with Gasteiger partial charge in [-0.2, -0.15) is 0 Å². The van der Waals surface area contributed by atoms with Gasteiger partial charge in [-0.25, -0.2) is 4.79 Å². The molecule has 11 nitrogen and oxygen atoms in total. The van der Waals surface area contributed by atoms with Gasteiger partial charge in [-0.15, -0.1) is 0 Å². The zero-order valence-electron chi connectivity index (χ0n) is 11.7. The molecule has 0 rings (SSSR count). The highest BCUT2D eigenvalue weighted by Gasteiger charge is 2.31. The van der Waals surface area contributed by atoms with Crippen molar-refractivity contribution in [2.24, 2.45) is 0 Å². The molecule has 0 radical (unpaired) electrons. The van der Waals surface area contributed by atoms with Crippen LogP contribution >= 0.6 is 0 Å². The fourth-order valence-corrected chi connectivity index (χ4v) is 1.75. The van der Waals surface area contributed by atoms with Gasteiger partial charge in [0.2, 0.25) is 0 Å². The quantitative estimate of drug-likeness (QED) is 0.265. The van der Waals surface area contributed by atoms with E-state index in [1.165, 1.54) is 7.11 Å². The first-order valence-electron chi connectivity index (χ1n) is 6.08. The van der Waals surface area contributed by atoms with Crippen molar-refractivity contribution in [1.82, 2.24) is 10.6 Å². The van der Waals surface area contributed by atoms with E-state index in [0.717, 1.165) is 0 Å². The van der Waals surface area contributed by atoms with Crippen molar-refractivity contribution in [3.63, 3.8) is 0 Å². The number of methoxy groups -OCH3 is 1. The van der Waals surface area contributed by atoms with E-state index in [2.05, 4.69) is 5.32 Å². The number of hydrogen-bond acceptors (Lipinski definition) is 6. The van der Waals surface area contributed by atoms with Crippen molar-refractivity contribution >= 4 is 24.0 Å². The number of carbonyl (C=O) groups is 4. The molecule has 0 bridgehead atoms. The van der Waals surface area contributed by atoms with Crippen LogP contribution in [0.25, 0.3) is 0 Å². The topological polar surface area (TPSA) is 182 Å². The van der Waals surface area contributed by atoms with Gasteiger partial charge >= 0.3 is 24.0 Å². The van der Waals surface area contributed by atoms with Crippen LogP contribution in [0.4, 0.5) is 4.79 Å². The van der Waals surface area contributed by atoms with Crippen LogP contribution in [0.1, 0.15) is 12.8 Å². The van der Waals surface area contributed by atoms with E-state index >= 15 is 0 Å². The molecular weight excluding hydrogens is 304 g/mol. The van der Waals surface area contributed by atoms with E-state index in [0.29, 0.717) is 0 Å². The first-order chi connectivity index (χ1) is 10.2. The van der Waals surface area contributed by atoms with E-state index in [1.807, 2.05) is 5.32 Å².